The van der Waals surface area contributed by atoms with Crippen molar-refractivity contribution in [1.82, 2.24) is 9.13 Å². The van der Waals surface area contributed by atoms with Gasteiger partial charge in [-0.05, 0) is 110 Å². The third kappa shape index (κ3) is 4.84. The number of benzene rings is 9. The van der Waals surface area contributed by atoms with E-state index in [1.54, 1.807) is 0 Å². The maximum atomic E-state index is 2.54. The minimum Gasteiger partial charge on any atom is -0.309 e. The van der Waals surface area contributed by atoms with Crippen molar-refractivity contribution in [3.05, 3.63) is 217 Å². The van der Waals surface area contributed by atoms with Gasteiger partial charge in [0, 0.05) is 33.7 Å². The Hall–Kier alpha value is -7.42. The van der Waals surface area contributed by atoms with Crippen molar-refractivity contribution < 1.29 is 0 Å². The van der Waals surface area contributed by atoms with E-state index in [2.05, 4.69) is 215 Å². The largest absolute Gasteiger partial charge is 0.309 e. The predicted molar refractivity (Wildman–Crippen MR) is 240 cm³/mol. The van der Waals surface area contributed by atoms with Gasteiger partial charge in [-0.2, -0.15) is 0 Å². The Labute approximate surface area is 331 Å². The molecule has 1 aliphatic carbocycles. The normalized spacial score (nSPS) is 12.1. The lowest BCUT2D eigenvalue weighted by molar-refractivity contribution is 1.12. The van der Waals surface area contributed by atoms with Gasteiger partial charge in [0.25, 0.3) is 0 Å². The third-order valence-electron chi connectivity index (χ3n) is 12.2. The molecule has 2 nitrogen and oxygen atoms in total. The van der Waals surface area contributed by atoms with Gasteiger partial charge in [-0.3, -0.25) is 0 Å². The number of aromatic nitrogens is 2. The average Bonchev–Trinajstić information content (AvgIpc) is 3.95. The van der Waals surface area contributed by atoms with Gasteiger partial charge in [0.1, 0.15) is 0 Å². The first-order valence-electron chi connectivity index (χ1n) is 19.8. The molecule has 2 aromatic heterocycles. The Morgan fingerprint density at radius 3 is 1.46 bits per heavy atom. The van der Waals surface area contributed by atoms with Gasteiger partial charge >= 0.3 is 0 Å². The van der Waals surface area contributed by atoms with Crippen LogP contribution in [0.25, 0.3) is 99.5 Å². The van der Waals surface area contributed by atoms with Crippen molar-refractivity contribution in [3.63, 3.8) is 0 Å². The van der Waals surface area contributed by atoms with Crippen molar-refractivity contribution in [2.24, 2.45) is 0 Å². The van der Waals surface area contributed by atoms with Crippen LogP contribution in [-0.4, -0.2) is 9.13 Å². The summed E-state index contributed by atoms with van der Waals surface area (Å²) in [5, 5.41) is 5.12. The lowest BCUT2D eigenvalue weighted by atomic mass is 9.91. The van der Waals surface area contributed by atoms with Gasteiger partial charge in [0.15, 0.2) is 0 Å². The second kappa shape index (κ2) is 12.6. The van der Waals surface area contributed by atoms with Crippen LogP contribution in [0.4, 0.5) is 0 Å². The van der Waals surface area contributed by atoms with Crippen LogP contribution in [0.2, 0.25) is 0 Å². The molecule has 0 unspecified atom stereocenters. The van der Waals surface area contributed by atoms with Crippen LogP contribution >= 0.6 is 0 Å². The quantitative estimate of drug-likeness (QED) is 0.167. The lowest BCUT2D eigenvalue weighted by Gasteiger charge is -2.13. The van der Waals surface area contributed by atoms with Crippen LogP contribution in [0.1, 0.15) is 11.1 Å². The maximum absolute atomic E-state index is 2.54. The van der Waals surface area contributed by atoms with Crippen LogP contribution in [0, 0.1) is 0 Å². The highest BCUT2D eigenvalue weighted by atomic mass is 15.0. The van der Waals surface area contributed by atoms with E-state index < -0.39 is 0 Å². The predicted octanol–water partition coefficient (Wildman–Crippen LogP) is 14.5. The summed E-state index contributed by atoms with van der Waals surface area (Å²) in [6, 6.07) is 75.7. The summed E-state index contributed by atoms with van der Waals surface area (Å²) in [7, 11) is 0. The molecule has 0 spiro atoms. The van der Waals surface area contributed by atoms with Crippen molar-refractivity contribution in [2.45, 2.75) is 6.42 Å². The zero-order chi connectivity index (χ0) is 37.5. The molecule has 2 heterocycles. The Morgan fingerprint density at radius 1 is 0.298 bits per heavy atom. The summed E-state index contributed by atoms with van der Waals surface area (Å²) in [5.41, 5.74) is 20.2. The topological polar surface area (TPSA) is 9.86 Å². The van der Waals surface area contributed by atoms with Crippen LogP contribution in [0.3, 0.4) is 0 Å². The van der Waals surface area contributed by atoms with E-state index in [9.17, 15) is 0 Å². The van der Waals surface area contributed by atoms with Gasteiger partial charge < -0.3 is 9.13 Å². The number of hydrogen-bond donors (Lipinski definition) is 0. The van der Waals surface area contributed by atoms with Crippen molar-refractivity contribution in [1.29, 1.82) is 0 Å². The fourth-order valence-electron chi connectivity index (χ4n) is 9.66. The highest BCUT2D eigenvalue weighted by Gasteiger charge is 2.28. The molecule has 0 radical (unpaired) electrons. The molecule has 0 bridgehead atoms. The number of nitrogens with zero attached hydrogens (tertiary/aromatic N) is 2. The van der Waals surface area contributed by atoms with Crippen molar-refractivity contribution >= 4 is 43.6 Å². The second-order valence-electron chi connectivity index (χ2n) is 15.2. The monoisotopic (exact) mass is 724 g/mol. The van der Waals surface area contributed by atoms with E-state index in [0.29, 0.717) is 0 Å². The SMILES string of the molecule is c1ccc(-c2ccc(-n3c4ccccc4c4c5c6ccccc6n(-c6cccc7c6Cc6c(-c8ccccc8)cc(-c8ccccc8)cc6-7)c5ccc43)cc2)cc1. The molecule has 0 atom stereocenters. The Morgan fingerprint density at radius 2 is 0.807 bits per heavy atom. The Kier molecular flexibility index (Phi) is 7.02. The zero-order valence-electron chi connectivity index (χ0n) is 31.2. The molecular formula is C55H36N2. The van der Waals surface area contributed by atoms with Crippen LogP contribution in [-0.2, 0) is 6.42 Å². The standard InChI is InChI=1S/C55H36N2/c1-4-15-36(16-5-1)38-27-29-41(30-28-38)56-49-24-12-10-21-43(49)54-52(56)31-32-53-55(54)44-22-11-13-25-50(44)57(53)51-26-14-23-42-46-34-40(37-17-6-2-7-18-37)33-45(47(46)35-48(42)51)39-19-8-3-9-20-39/h1-34H,35H2. The van der Waals surface area contributed by atoms with Gasteiger partial charge in [-0.15, -0.1) is 0 Å². The third-order valence-corrected chi connectivity index (χ3v) is 12.2. The van der Waals surface area contributed by atoms with E-state index >= 15 is 0 Å². The first kappa shape index (κ1) is 31.9. The molecule has 266 valence electrons. The van der Waals surface area contributed by atoms with Crippen molar-refractivity contribution in [3.8, 4) is 55.9 Å². The van der Waals surface area contributed by atoms with Gasteiger partial charge in [0.2, 0.25) is 0 Å². The molecule has 9 aromatic carbocycles. The summed E-state index contributed by atoms with van der Waals surface area (Å²) in [6.07, 6.45) is 0.870. The van der Waals surface area contributed by atoms with E-state index in [1.807, 2.05) is 0 Å². The fraction of sp³-hybridized carbons (Fsp3) is 0.0182. The van der Waals surface area contributed by atoms with E-state index in [0.717, 1.165) is 12.1 Å². The molecule has 1 aliphatic rings. The van der Waals surface area contributed by atoms with Gasteiger partial charge in [-0.1, -0.05) is 152 Å². The first-order chi connectivity index (χ1) is 28.3. The summed E-state index contributed by atoms with van der Waals surface area (Å²) < 4.78 is 4.98. The number of para-hydroxylation sites is 2. The molecular weight excluding hydrogens is 689 g/mol. The highest BCUT2D eigenvalue weighted by Crippen LogP contribution is 2.48. The molecule has 12 rings (SSSR count). The molecule has 0 aliphatic heterocycles. The number of fused-ring (bicyclic) bond motifs is 10. The maximum Gasteiger partial charge on any atom is 0.0549 e. The van der Waals surface area contributed by atoms with Crippen molar-refractivity contribution in [2.75, 3.05) is 0 Å². The summed E-state index contributed by atoms with van der Waals surface area (Å²) >= 11 is 0. The Bertz CT molecular complexity index is 3330. The zero-order valence-corrected chi connectivity index (χ0v) is 31.2. The molecule has 57 heavy (non-hydrogen) atoms. The van der Waals surface area contributed by atoms with Gasteiger partial charge in [0.05, 0.1) is 27.8 Å². The highest BCUT2D eigenvalue weighted by molar-refractivity contribution is 6.29. The molecule has 11 aromatic rings. The smallest absolute Gasteiger partial charge is 0.0549 e. The molecule has 0 N–H and O–H groups in total. The van der Waals surface area contributed by atoms with E-state index in [-0.39, 0.29) is 0 Å². The number of rotatable bonds is 5. The summed E-state index contributed by atoms with van der Waals surface area (Å²) in [6.45, 7) is 0. The molecule has 2 heteroatoms. The van der Waals surface area contributed by atoms with Gasteiger partial charge in [-0.25, -0.2) is 0 Å². The average molecular weight is 725 g/mol. The number of hydrogen-bond acceptors (Lipinski definition) is 0. The fourth-order valence-corrected chi connectivity index (χ4v) is 9.66. The van der Waals surface area contributed by atoms with Crippen LogP contribution in [0.15, 0.2) is 206 Å². The molecule has 0 saturated carbocycles. The first-order valence-corrected chi connectivity index (χ1v) is 19.8. The minimum atomic E-state index is 0.870. The lowest BCUT2D eigenvalue weighted by Crippen LogP contribution is -1.99. The van der Waals surface area contributed by atoms with E-state index in [1.165, 1.54) is 105 Å². The summed E-state index contributed by atoms with van der Waals surface area (Å²) in [4.78, 5) is 0. The van der Waals surface area contributed by atoms with Crippen LogP contribution < -0.4 is 0 Å². The second-order valence-corrected chi connectivity index (χ2v) is 15.2. The van der Waals surface area contributed by atoms with Crippen LogP contribution in [0.5, 0.6) is 0 Å². The molecule has 0 fully saturated rings. The molecule has 0 amide bonds. The minimum absolute atomic E-state index is 0.870. The van der Waals surface area contributed by atoms with E-state index in [4.69, 9.17) is 0 Å². The molecule has 0 saturated heterocycles. The summed E-state index contributed by atoms with van der Waals surface area (Å²) in [5.74, 6) is 0. The Balaban J connectivity index is 1.09.